The number of nitrogens with two attached hydrogens (primary N) is 1. The molecule has 0 radical (unpaired) electrons. The second kappa shape index (κ2) is 4.27. The Morgan fingerprint density at radius 3 is 2.75 bits per heavy atom. The van der Waals surface area contributed by atoms with Gasteiger partial charge in [0.15, 0.2) is 9.84 Å². The summed E-state index contributed by atoms with van der Waals surface area (Å²) >= 11 is 0. The number of hydrogen-bond acceptors (Lipinski definition) is 4. The fraction of sp³-hybridized carbons (Fsp3) is 1.00. The average Bonchev–Trinajstić information content (AvgIpc) is 2.82. The summed E-state index contributed by atoms with van der Waals surface area (Å²) in [6.45, 7) is 3.67. The maximum atomic E-state index is 11.7. The van der Waals surface area contributed by atoms with Crippen LogP contribution in [0.15, 0.2) is 0 Å². The third-order valence-corrected chi connectivity index (χ3v) is 6.01. The Kier molecular flexibility index (Phi) is 3.29. The predicted octanol–water partition coefficient (Wildman–Crippen LogP) is 0.377. The van der Waals surface area contributed by atoms with Crippen LogP contribution in [0.25, 0.3) is 0 Å². The highest BCUT2D eigenvalue weighted by Gasteiger charge is 2.48. The van der Waals surface area contributed by atoms with Crippen molar-refractivity contribution < 1.29 is 8.42 Å². The van der Waals surface area contributed by atoms with E-state index in [1.165, 1.54) is 12.8 Å². The molecule has 0 aromatic rings. The van der Waals surface area contributed by atoms with Gasteiger partial charge in [-0.05, 0) is 32.2 Å². The first-order valence-electron chi connectivity index (χ1n) is 6.20. The predicted molar refractivity (Wildman–Crippen MR) is 65.1 cm³/mol. The van der Waals surface area contributed by atoms with Gasteiger partial charge in [-0.25, -0.2) is 8.42 Å². The Balaban J connectivity index is 2.22. The van der Waals surface area contributed by atoms with Crippen molar-refractivity contribution in [1.82, 2.24) is 4.90 Å². The topological polar surface area (TPSA) is 63.4 Å². The van der Waals surface area contributed by atoms with Crippen molar-refractivity contribution in [3.8, 4) is 0 Å². The molecule has 0 bridgehead atoms. The molecule has 0 aromatic heterocycles. The smallest absolute Gasteiger partial charge is 0.152 e. The molecule has 2 aliphatic rings. The van der Waals surface area contributed by atoms with E-state index in [-0.39, 0.29) is 11.3 Å². The summed E-state index contributed by atoms with van der Waals surface area (Å²) in [5.41, 5.74) is 5.63. The third-order valence-electron chi connectivity index (χ3n) is 4.20. The minimum atomic E-state index is -2.86. The second-order valence-electron chi connectivity index (χ2n) is 5.17. The maximum absolute atomic E-state index is 11.7. The van der Waals surface area contributed by atoms with Crippen molar-refractivity contribution in [2.24, 2.45) is 5.73 Å². The highest BCUT2D eigenvalue weighted by Crippen LogP contribution is 2.35. The van der Waals surface area contributed by atoms with Gasteiger partial charge in [-0.1, -0.05) is 6.92 Å². The second-order valence-corrected chi connectivity index (χ2v) is 7.35. The molecule has 0 aliphatic carbocycles. The highest BCUT2D eigenvalue weighted by atomic mass is 32.2. The van der Waals surface area contributed by atoms with Gasteiger partial charge < -0.3 is 5.73 Å². The molecule has 5 heteroatoms. The monoisotopic (exact) mass is 246 g/mol. The van der Waals surface area contributed by atoms with E-state index in [1.54, 1.807) is 0 Å². The first-order valence-corrected chi connectivity index (χ1v) is 8.02. The normalized spacial score (nSPS) is 39.2. The van der Waals surface area contributed by atoms with Crippen molar-refractivity contribution in [1.29, 1.82) is 0 Å². The van der Waals surface area contributed by atoms with Gasteiger partial charge in [-0.3, -0.25) is 4.90 Å². The number of rotatable bonds is 3. The molecule has 0 aromatic carbocycles. The minimum Gasteiger partial charge on any atom is -0.329 e. The van der Waals surface area contributed by atoms with E-state index in [0.29, 0.717) is 18.3 Å². The molecule has 94 valence electrons. The van der Waals surface area contributed by atoms with Crippen LogP contribution in [0.2, 0.25) is 0 Å². The van der Waals surface area contributed by atoms with Crippen LogP contribution in [0.3, 0.4) is 0 Å². The zero-order valence-electron chi connectivity index (χ0n) is 9.98. The number of hydrogen-bond donors (Lipinski definition) is 1. The average molecular weight is 246 g/mol. The standard InChI is InChI=1S/C11H22N2O2S/c1-2-10-4-3-6-13(10)11(8-12)5-7-16(14,15)9-11/h10H,2-9,12H2,1H3. The lowest BCUT2D eigenvalue weighted by atomic mass is 9.95. The molecule has 0 saturated carbocycles. The largest absolute Gasteiger partial charge is 0.329 e. The van der Waals surface area contributed by atoms with Gasteiger partial charge >= 0.3 is 0 Å². The summed E-state index contributed by atoms with van der Waals surface area (Å²) < 4.78 is 23.3. The summed E-state index contributed by atoms with van der Waals surface area (Å²) in [4.78, 5) is 2.39. The quantitative estimate of drug-likeness (QED) is 0.782. The van der Waals surface area contributed by atoms with Crippen molar-refractivity contribution >= 4 is 9.84 Å². The summed E-state index contributed by atoms with van der Waals surface area (Å²) in [6.07, 6.45) is 4.20. The van der Waals surface area contributed by atoms with Crippen LogP contribution in [0.4, 0.5) is 0 Å². The van der Waals surface area contributed by atoms with Crippen LogP contribution in [-0.2, 0) is 9.84 Å². The van der Waals surface area contributed by atoms with E-state index >= 15 is 0 Å². The summed E-state index contributed by atoms with van der Waals surface area (Å²) in [6, 6.07) is 0.539. The highest BCUT2D eigenvalue weighted by molar-refractivity contribution is 7.91. The Morgan fingerprint density at radius 1 is 1.50 bits per heavy atom. The molecule has 16 heavy (non-hydrogen) atoms. The summed E-state index contributed by atoms with van der Waals surface area (Å²) in [5, 5.41) is 0. The van der Waals surface area contributed by atoms with Crippen LogP contribution in [0.1, 0.15) is 32.6 Å². The number of nitrogens with zero attached hydrogens (tertiary/aromatic N) is 1. The lowest BCUT2D eigenvalue weighted by molar-refractivity contribution is 0.0993. The number of sulfone groups is 1. The van der Waals surface area contributed by atoms with Crippen molar-refractivity contribution in [3.63, 3.8) is 0 Å². The Hall–Kier alpha value is -0.130. The number of likely N-dealkylation sites (tertiary alicyclic amines) is 1. The molecule has 2 N–H and O–H groups in total. The molecule has 2 unspecified atom stereocenters. The van der Waals surface area contributed by atoms with Gasteiger partial charge in [-0.2, -0.15) is 0 Å². The van der Waals surface area contributed by atoms with Crippen molar-refractivity contribution in [2.45, 2.75) is 44.2 Å². The molecule has 0 spiro atoms. The van der Waals surface area contributed by atoms with Crippen molar-refractivity contribution in [3.05, 3.63) is 0 Å². The Morgan fingerprint density at radius 2 is 2.25 bits per heavy atom. The summed E-state index contributed by atoms with van der Waals surface area (Å²) in [7, 11) is -2.86. The van der Waals surface area contributed by atoms with E-state index in [1.807, 2.05) is 0 Å². The van der Waals surface area contributed by atoms with Gasteiger partial charge in [0, 0.05) is 18.1 Å². The Labute approximate surface area is 98.1 Å². The zero-order chi connectivity index (χ0) is 11.8. The fourth-order valence-electron chi connectivity index (χ4n) is 3.29. The molecule has 0 amide bonds. The van der Waals surface area contributed by atoms with E-state index in [9.17, 15) is 8.42 Å². The molecule has 2 aliphatic heterocycles. The third kappa shape index (κ3) is 2.00. The Bertz CT molecular complexity index is 355. The van der Waals surface area contributed by atoms with E-state index in [4.69, 9.17) is 5.73 Å². The van der Waals surface area contributed by atoms with Crippen LogP contribution < -0.4 is 5.73 Å². The molecular weight excluding hydrogens is 224 g/mol. The minimum absolute atomic E-state index is 0.254. The molecule has 2 atom stereocenters. The first-order chi connectivity index (χ1) is 7.53. The molecular formula is C11H22N2O2S. The van der Waals surface area contributed by atoms with Gasteiger partial charge in [0.05, 0.1) is 11.5 Å². The molecule has 4 nitrogen and oxygen atoms in total. The summed E-state index contributed by atoms with van der Waals surface area (Å²) in [5.74, 6) is 0.587. The first kappa shape index (κ1) is 12.3. The van der Waals surface area contributed by atoms with E-state index in [2.05, 4.69) is 11.8 Å². The lowest BCUT2D eigenvalue weighted by Gasteiger charge is -2.40. The van der Waals surface area contributed by atoms with Crippen LogP contribution in [0, 0.1) is 0 Å². The van der Waals surface area contributed by atoms with Gasteiger partial charge in [0.2, 0.25) is 0 Å². The molecule has 2 heterocycles. The zero-order valence-corrected chi connectivity index (χ0v) is 10.8. The molecule has 2 fully saturated rings. The molecule has 2 rings (SSSR count). The van der Waals surface area contributed by atoms with Gasteiger partial charge in [0.1, 0.15) is 0 Å². The van der Waals surface area contributed by atoms with Crippen LogP contribution in [0.5, 0.6) is 0 Å². The molecule has 2 saturated heterocycles. The SMILES string of the molecule is CCC1CCCN1C1(CN)CCS(=O)(=O)C1. The van der Waals surface area contributed by atoms with E-state index in [0.717, 1.165) is 19.4 Å². The maximum Gasteiger partial charge on any atom is 0.152 e. The van der Waals surface area contributed by atoms with Crippen molar-refractivity contribution in [2.75, 3.05) is 24.6 Å². The van der Waals surface area contributed by atoms with Crippen LogP contribution in [-0.4, -0.2) is 49.5 Å². The van der Waals surface area contributed by atoms with Gasteiger partial charge in [-0.15, -0.1) is 0 Å². The van der Waals surface area contributed by atoms with E-state index < -0.39 is 9.84 Å². The van der Waals surface area contributed by atoms with Crippen LogP contribution >= 0.6 is 0 Å². The lowest BCUT2D eigenvalue weighted by Crippen LogP contribution is -2.56. The van der Waals surface area contributed by atoms with Gasteiger partial charge in [0.25, 0.3) is 0 Å². The fourth-order valence-corrected chi connectivity index (χ4v) is 5.37.